The SMILES string of the molecule is CCCCCOc1ccc(I)c2n[nH]nc12. The lowest BCUT2D eigenvalue weighted by atomic mass is 10.2. The molecule has 2 rings (SSSR count). The molecule has 0 bridgehead atoms. The number of halogens is 1. The van der Waals surface area contributed by atoms with Crippen LogP contribution >= 0.6 is 22.6 Å². The average molecular weight is 331 g/mol. The molecule has 0 aliphatic heterocycles. The van der Waals surface area contributed by atoms with Crippen molar-refractivity contribution in [3.63, 3.8) is 0 Å². The maximum atomic E-state index is 5.71. The first-order chi connectivity index (χ1) is 7.83. The standard InChI is InChI=1S/C11H14IN3O/c1-2-3-4-7-16-9-6-5-8(12)10-11(9)14-15-13-10/h5-6H,2-4,7H2,1H3,(H,13,14,15). The maximum absolute atomic E-state index is 5.71. The zero-order valence-electron chi connectivity index (χ0n) is 9.16. The highest BCUT2D eigenvalue weighted by Gasteiger charge is 2.08. The van der Waals surface area contributed by atoms with Gasteiger partial charge in [0.15, 0.2) is 5.52 Å². The second-order valence-corrected chi connectivity index (χ2v) is 4.78. The van der Waals surface area contributed by atoms with Gasteiger partial charge in [-0.05, 0) is 41.1 Å². The lowest BCUT2D eigenvalue weighted by Crippen LogP contribution is -1.98. The summed E-state index contributed by atoms with van der Waals surface area (Å²) >= 11 is 2.24. The van der Waals surface area contributed by atoms with Crippen LogP contribution in [0, 0.1) is 3.57 Å². The Hall–Kier alpha value is -0.850. The molecule has 86 valence electrons. The molecule has 1 heterocycles. The molecule has 0 spiro atoms. The average Bonchev–Trinajstić information content (AvgIpc) is 2.77. The molecule has 0 aliphatic carbocycles. The van der Waals surface area contributed by atoms with Gasteiger partial charge in [0, 0.05) is 3.57 Å². The molecule has 0 unspecified atom stereocenters. The van der Waals surface area contributed by atoms with Crippen LogP contribution in [-0.4, -0.2) is 22.0 Å². The first kappa shape index (κ1) is 11.6. The van der Waals surface area contributed by atoms with Crippen molar-refractivity contribution in [3.05, 3.63) is 15.7 Å². The molecule has 0 aliphatic rings. The van der Waals surface area contributed by atoms with Crippen molar-refractivity contribution >= 4 is 33.6 Å². The Kier molecular flexibility index (Phi) is 3.98. The third-order valence-electron chi connectivity index (χ3n) is 2.39. The highest BCUT2D eigenvalue weighted by atomic mass is 127. The lowest BCUT2D eigenvalue weighted by Gasteiger charge is -2.05. The van der Waals surface area contributed by atoms with Crippen LogP contribution in [0.1, 0.15) is 26.2 Å². The van der Waals surface area contributed by atoms with E-state index in [0.717, 1.165) is 33.4 Å². The van der Waals surface area contributed by atoms with E-state index < -0.39 is 0 Å². The van der Waals surface area contributed by atoms with E-state index in [1.807, 2.05) is 12.1 Å². The minimum Gasteiger partial charge on any atom is -0.491 e. The number of fused-ring (bicyclic) bond motifs is 1. The van der Waals surface area contributed by atoms with Crippen LogP contribution in [0.3, 0.4) is 0 Å². The fourth-order valence-electron chi connectivity index (χ4n) is 1.53. The Balaban J connectivity index is 2.12. The molecule has 4 nitrogen and oxygen atoms in total. The van der Waals surface area contributed by atoms with Gasteiger partial charge in [-0.15, -0.1) is 0 Å². The normalized spacial score (nSPS) is 10.9. The van der Waals surface area contributed by atoms with E-state index in [9.17, 15) is 0 Å². The lowest BCUT2D eigenvalue weighted by molar-refractivity contribution is 0.309. The van der Waals surface area contributed by atoms with E-state index in [1.54, 1.807) is 0 Å². The number of H-pyrrole nitrogens is 1. The number of aromatic amines is 1. The van der Waals surface area contributed by atoms with Gasteiger partial charge in [-0.2, -0.15) is 15.4 Å². The van der Waals surface area contributed by atoms with Crippen LogP contribution < -0.4 is 4.74 Å². The molecule has 0 saturated carbocycles. The fourth-order valence-corrected chi connectivity index (χ4v) is 2.08. The van der Waals surface area contributed by atoms with Crippen molar-refractivity contribution in [3.8, 4) is 5.75 Å². The molecule has 1 aromatic heterocycles. The van der Waals surface area contributed by atoms with Crippen LogP contribution in [0.25, 0.3) is 11.0 Å². The summed E-state index contributed by atoms with van der Waals surface area (Å²) in [6.07, 6.45) is 3.49. The fraction of sp³-hybridized carbons (Fsp3) is 0.455. The number of aromatic nitrogens is 3. The predicted molar refractivity (Wildman–Crippen MR) is 71.6 cm³/mol. The second kappa shape index (κ2) is 5.47. The van der Waals surface area contributed by atoms with E-state index in [2.05, 4.69) is 44.9 Å². The highest BCUT2D eigenvalue weighted by Crippen LogP contribution is 2.26. The summed E-state index contributed by atoms with van der Waals surface area (Å²) in [4.78, 5) is 0. The highest BCUT2D eigenvalue weighted by molar-refractivity contribution is 14.1. The van der Waals surface area contributed by atoms with Crippen molar-refractivity contribution < 1.29 is 4.74 Å². The number of ether oxygens (including phenoxy) is 1. The van der Waals surface area contributed by atoms with Gasteiger partial charge in [0.1, 0.15) is 11.3 Å². The number of hydrogen-bond donors (Lipinski definition) is 1. The molecule has 1 N–H and O–H groups in total. The minimum absolute atomic E-state index is 0.746. The summed E-state index contributed by atoms with van der Waals surface area (Å²) in [5, 5.41) is 10.8. The van der Waals surface area contributed by atoms with Crippen molar-refractivity contribution in [2.75, 3.05) is 6.61 Å². The summed E-state index contributed by atoms with van der Waals surface area (Å²) in [5.41, 5.74) is 1.71. The molecule has 2 aromatic rings. The summed E-state index contributed by atoms with van der Waals surface area (Å²) < 4.78 is 6.79. The van der Waals surface area contributed by atoms with E-state index in [4.69, 9.17) is 4.74 Å². The number of unbranched alkanes of at least 4 members (excludes halogenated alkanes) is 2. The van der Waals surface area contributed by atoms with Gasteiger partial charge in [-0.25, -0.2) is 0 Å². The molecule has 5 heteroatoms. The van der Waals surface area contributed by atoms with Crippen LogP contribution in [0.5, 0.6) is 5.75 Å². The minimum atomic E-state index is 0.746. The molecule has 0 amide bonds. The number of hydrogen-bond acceptors (Lipinski definition) is 3. The Bertz CT molecular complexity index is 469. The van der Waals surface area contributed by atoms with Crippen molar-refractivity contribution in [1.29, 1.82) is 0 Å². The maximum Gasteiger partial charge on any atom is 0.155 e. The van der Waals surface area contributed by atoms with Crippen LogP contribution in [-0.2, 0) is 0 Å². The zero-order chi connectivity index (χ0) is 11.4. The van der Waals surface area contributed by atoms with Crippen LogP contribution in [0.15, 0.2) is 12.1 Å². The Morgan fingerprint density at radius 2 is 2.06 bits per heavy atom. The Morgan fingerprint density at radius 1 is 1.25 bits per heavy atom. The van der Waals surface area contributed by atoms with Gasteiger partial charge in [0.2, 0.25) is 0 Å². The monoisotopic (exact) mass is 331 g/mol. The number of nitrogens with zero attached hydrogens (tertiary/aromatic N) is 2. The van der Waals surface area contributed by atoms with Gasteiger partial charge < -0.3 is 4.74 Å². The molecule has 0 atom stereocenters. The van der Waals surface area contributed by atoms with Gasteiger partial charge >= 0.3 is 0 Å². The van der Waals surface area contributed by atoms with Crippen LogP contribution in [0.4, 0.5) is 0 Å². The van der Waals surface area contributed by atoms with Crippen molar-refractivity contribution in [2.45, 2.75) is 26.2 Å². The predicted octanol–water partition coefficient (Wildman–Crippen LogP) is 3.13. The first-order valence-corrected chi connectivity index (χ1v) is 6.52. The van der Waals surface area contributed by atoms with E-state index in [-0.39, 0.29) is 0 Å². The first-order valence-electron chi connectivity index (χ1n) is 5.44. The zero-order valence-corrected chi connectivity index (χ0v) is 11.3. The third kappa shape index (κ3) is 2.45. The summed E-state index contributed by atoms with van der Waals surface area (Å²) in [6, 6.07) is 3.96. The van der Waals surface area contributed by atoms with E-state index in [1.165, 1.54) is 12.8 Å². The number of rotatable bonds is 5. The molecule has 16 heavy (non-hydrogen) atoms. The number of benzene rings is 1. The molecule has 1 aromatic carbocycles. The Morgan fingerprint density at radius 3 is 2.88 bits per heavy atom. The molecular formula is C11H14IN3O. The van der Waals surface area contributed by atoms with Gasteiger partial charge in [-0.1, -0.05) is 19.8 Å². The summed E-state index contributed by atoms with van der Waals surface area (Å²) in [6.45, 7) is 2.93. The largest absolute Gasteiger partial charge is 0.491 e. The molecule has 0 radical (unpaired) electrons. The molecule has 0 fully saturated rings. The smallest absolute Gasteiger partial charge is 0.155 e. The van der Waals surface area contributed by atoms with Crippen molar-refractivity contribution in [2.24, 2.45) is 0 Å². The molecule has 0 saturated heterocycles. The quantitative estimate of drug-likeness (QED) is 0.676. The van der Waals surface area contributed by atoms with Gasteiger partial charge in [-0.3, -0.25) is 0 Å². The second-order valence-electron chi connectivity index (χ2n) is 3.62. The van der Waals surface area contributed by atoms with Gasteiger partial charge in [0.25, 0.3) is 0 Å². The van der Waals surface area contributed by atoms with E-state index >= 15 is 0 Å². The topological polar surface area (TPSA) is 50.8 Å². The summed E-state index contributed by atoms with van der Waals surface area (Å²) in [5.74, 6) is 0.820. The summed E-state index contributed by atoms with van der Waals surface area (Å²) in [7, 11) is 0. The Labute approximate surface area is 108 Å². The third-order valence-corrected chi connectivity index (χ3v) is 3.26. The van der Waals surface area contributed by atoms with Crippen molar-refractivity contribution in [1.82, 2.24) is 15.4 Å². The van der Waals surface area contributed by atoms with Gasteiger partial charge in [0.05, 0.1) is 6.61 Å². The van der Waals surface area contributed by atoms with Crippen LogP contribution in [0.2, 0.25) is 0 Å². The molecular weight excluding hydrogens is 317 g/mol. The number of nitrogens with one attached hydrogen (secondary N) is 1. The van der Waals surface area contributed by atoms with E-state index in [0.29, 0.717) is 0 Å².